The number of likely N-dealkylation sites (tertiary alicyclic amines) is 1. The molecule has 3 amide bonds. The third-order valence-electron chi connectivity index (χ3n) is 5.22. The second kappa shape index (κ2) is 10.1. The van der Waals surface area contributed by atoms with Crippen LogP contribution in [0.5, 0.6) is 0 Å². The molecule has 1 aliphatic heterocycles. The van der Waals surface area contributed by atoms with Crippen LogP contribution in [0, 0.1) is 12.7 Å². The number of nitrogens with one attached hydrogen (secondary N) is 2. The number of hydrogen-bond donors (Lipinski definition) is 2. The summed E-state index contributed by atoms with van der Waals surface area (Å²) in [6, 6.07) is 10.7. The van der Waals surface area contributed by atoms with Crippen molar-refractivity contribution in [1.29, 1.82) is 0 Å². The van der Waals surface area contributed by atoms with Gasteiger partial charge in [0.2, 0.25) is 0 Å². The fraction of sp³-hybridized carbons (Fsp3) is 0.348. The minimum atomic E-state index is -0.610. The van der Waals surface area contributed by atoms with Gasteiger partial charge in [-0.2, -0.15) is 0 Å². The molecule has 1 saturated heterocycles. The number of amides is 3. The van der Waals surface area contributed by atoms with Crippen molar-refractivity contribution in [2.24, 2.45) is 0 Å². The van der Waals surface area contributed by atoms with Gasteiger partial charge in [0, 0.05) is 30.4 Å². The summed E-state index contributed by atoms with van der Waals surface area (Å²) in [6.07, 6.45) is 0.932. The lowest BCUT2D eigenvalue weighted by Crippen LogP contribution is -2.46. The molecule has 7 nitrogen and oxygen atoms in total. The van der Waals surface area contributed by atoms with Crippen LogP contribution in [-0.4, -0.2) is 48.5 Å². The Balaban J connectivity index is 1.62. The van der Waals surface area contributed by atoms with Crippen molar-refractivity contribution in [3.05, 3.63) is 65.0 Å². The van der Waals surface area contributed by atoms with E-state index >= 15 is 0 Å². The molecule has 0 radical (unpaired) electrons. The summed E-state index contributed by atoms with van der Waals surface area (Å²) in [7, 11) is 0. The average molecular weight is 427 g/mol. The van der Waals surface area contributed by atoms with Gasteiger partial charge < -0.3 is 20.3 Å². The molecular weight excluding hydrogens is 401 g/mol. The topological polar surface area (TPSA) is 87.7 Å². The molecular formula is C23H26FN3O4. The molecule has 1 aliphatic rings. The predicted molar refractivity (Wildman–Crippen MR) is 115 cm³/mol. The zero-order valence-electron chi connectivity index (χ0n) is 17.6. The van der Waals surface area contributed by atoms with Crippen molar-refractivity contribution >= 4 is 23.6 Å². The molecule has 0 saturated carbocycles. The van der Waals surface area contributed by atoms with Crippen molar-refractivity contribution in [3.63, 3.8) is 0 Å². The van der Waals surface area contributed by atoms with Crippen LogP contribution in [0.15, 0.2) is 42.5 Å². The lowest BCUT2D eigenvalue weighted by atomic mass is 10.0. The van der Waals surface area contributed by atoms with Gasteiger partial charge in [0.25, 0.3) is 11.8 Å². The zero-order chi connectivity index (χ0) is 22.4. The Morgan fingerprint density at radius 2 is 1.81 bits per heavy atom. The Bertz CT molecular complexity index is 971. The number of benzene rings is 2. The highest BCUT2D eigenvalue weighted by molar-refractivity contribution is 6.05. The van der Waals surface area contributed by atoms with Crippen LogP contribution in [0.4, 0.5) is 14.9 Å². The van der Waals surface area contributed by atoms with Crippen LogP contribution in [0.3, 0.4) is 0 Å². The summed E-state index contributed by atoms with van der Waals surface area (Å²) in [5, 5.41) is 5.66. The van der Waals surface area contributed by atoms with Gasteiger partial charge in [-0.3, -0.25) is 9.59 Å². The van der Waals surface area contributed by atoms with Gasteiger partial charge in [-0.05, 0) is 56.5 Å². The smallest absolute Gasteiger partial charge is 0.409 e. The summed E-state index contributed by atoms with van der Waals surface area (Å²) < 4.78 is 18.9. The van der Waals surface area contributed by atoms with Gasteiger partial charge in [0.15, 0.2) is 0 Å². The Labute approximate surface area is 180 Å². The fourth-order valence-corrected chi connectivity index (χ4v) is 3.42. The van der Waals surface area contributed by atoms with E-state index in [9.17, 15) is 18.8 Å². The van der Waals surface area contributed by atoms with Gasteiger partial charge in [-0.15, -0.1) is 0 Å². The lowest BCUT2D eigenvalue weighted by molar-refractivity contribution is 0.0859. The third-order valence-corrected chi connectivity index (χ3v) is 5.22. The summed E-state index contributed by atoms with van der Waals surface area (Å²) in [6.45, 7) is 4.92. The normalized spacial score (nSPS) is 14.1. The number of carbonyl (C=O) groups is 3. The molecule has 0 unspecified atom stereocenters. The van der Waals surface area contributed by atoms with Crippen molar-refractivity contribution in [3.8, 4) is 0 Å². The number of nitrogens with zero attached hydrogens (tertiary/aromatic N) is 1. The summed E-state index contributed by atoms with van der Waals surface area (Å²) >= 11 is 0. The molecule has 164 valence electrons. The number of carbonyl (C=O) groups excluding carboxylic acids is 3. The lowest BCUT2D eigenvalue weighted by Gasteiger charge is -2.31. The first-order valence-corrected chi connectivity index (χ1v) is 10.3. The predicted octanol–water partition coefficient (Wildman–Crippen LogP) is 3.74. The highest BCUT2D eigenvalue weighted by Crippen LogP contribution is 2.20. The summed E-state index contributed by atoms with van der Waals surface area (Å²) in [4.78, 5) is 38.6. The van der Waals surface area contributed by atoms with E-state index < -0.39 is 11.7 Å². The second-order valence-corrected chi connectivity index (χ2v) is 7.40. The highest BCUT2D eigenvalue weighted by atomic mass is 19.1. The maximum atomic E-state index is 13.9. The SMILES string of the molecule is CCOC(=O)N1CCC(NC(=O)c2ccc(C)c(NC(=O)c3ccccc3F)c2)CC1. The van der Waals surface area contributed by atoms with E-state index in [2.05, 4.69) is 10.6 Å². The van der Waals surface area contributed by atoms with Gasteiger partial charge >= 0.3 is 6.09 Å². The average Bonchev–Trinajstić information content (AvgIpc) is 2.76. The Kier molecular flexibility index (Phi) is 7.23. The van der Waals surface area contributed by atoms with E-state index in [-0.39, 0.29) is 23.6 Å². The van der Waals surface area contributed by atoms with E-state index in [1.807, 2.05) is 0 Å². The number of hydrogen-bond acceptors (Lipinski definition) is 4. The van der Waals surface area contributed by atoms with Crippen molar-refractivity contribution < 1.29 is 23.5 Å². The molecule has 2 N–H and O–H groups in total. The number of aryl methyl sites for hydroxylation is 1. The summed E-state index contributed by atoms with van der Waals surface area (Å²) in [5.74, 6) is -1.46. The Morgan fingerprint density at radius 3 is 2.48 bits per heavy atom. The monoisotopic (exact) mass is 427 g/mol. The second-order valence-electron chi connectivity index (χ2n) is 7.40. The molecule has 31 heavy (non-hydrogen) atoms. The number of halogens is 1. The fourth-order valence-electron chi connectivity index (χ4n) is 3.42. The van der Waals surface area contributed by atoms with Crippen LogP contribution in [-0.2, 0) is 4.74 Å². The highest BCUT2D eigenvalue weighted by Gasteiger charge is 2.25. The quantitative estimate of drug-likeness (QED) is 0.761. The molecule has 0 aliphatic carbocycles. The minimum absolute atomic E-state index is 0.0593. The summed E-state index contributed by atoms with van der Waals surface area (Å²) in [5.41, 5.74) is 1.52. The Hall–Kier alpha value is -3.42. The maximum absolute atomic E-state index is 13.9. The minimum Gasteiger partial charge on any atom is -0.450 e. The zero-order valence-corrected chi connectivity index (χ0v) is 17.6. The van der Waals surface area contributed by atoms with Gasteiger partial charge in [0.05, 0.1) is 12.2 Å². The molecule has 0 bridgehead atoms. The first-order valence-electron chi connectivity index (χ1n) is 10.3. The molecule has 2 aromatic carbocycles. The van der Waals surface area contributed by atoms with Crippen LogP contribution in [0.1, 0.15) is 46.0 Å². The largest absolute Gasteiger partial charge is 0.450 e. The van der Waals surface area contributed by atoms with Crippen LogP contribution in [0.2, 0.25) is 0 Å². The maximum Gasteiger partial charge on any atom is 0.409 e. The van der Waals surface area contributed by atoms with Crippen molar-refractivity contribution in [2.45, 2.75) is 32.7 Å². The molecule has 0 spiro atoms. The molecule has 3 rings (SSSR count). The first kappa shape index (κ1) is 22.3. The molecule has 0 atom stereocenters. The van der Waals surface area contributed by atoms with Crippen molar-refractivity contribution in [2.75, 3.05) is 25.0 Å². The Morgan fingerprint density at radius 1 is 1.10 bits per heavy atom. The number of rotatable bonds is 5. The third kappa shape index (κ3) is 5.59. The van der Waals surface area contributed by atoms with E-state index in [1.54, 1.807) is 43.0 Å². The van der Waals surface area contributed by atoms with Crippen molar-refractivity contribution in [1.82, 2.24) is 10.2 Å². The first-order chi connectivity index (χ1) is 14.9. The van der Waals surface area contributed by atoms with E-state index in [4.69, 9.17) is 4.74 Å². The number of piperidine rings is 1. The standard InChI is InChI=1S/C23H26FN3O4/c1-3-31-23(30)27-12-10-17(11-13-27)25-21(28)16-9-8-15(2)20(14-16)26-22(29)18-6-4-5-7-19(18)24/h4-9,14,17H,3,10-13H2,1-2H3,(H,25,28)(H,26,29). The van der Waals surface area contributed by atoms with Crippen LogP contribution in [0.25, 0.3) is 0 Å². The van der Waals surface area contributed by atoms with Crippen LogP contribution < -0.4 is 10.6 Å². The van der Waals surface area contributed by atoms with Gasteiger partial charge in [-0.25, -0.2) is 9.18 Å². The molecule has 2 aromatic rings. The molecule has 0 aromatic heterocycles. The van der Waals surface area contributed by atoms with Gasteiger partial charge in [0.1, 0.15) is 5.82 Å². The number of anilines is 1. The van der Waals surface area contributed by atoms with Crippen LogP contribution >= 0.6 is 0 Å². The van der Waals surface area contributed by atoms with E-state index in [0.717, 1.165) is 5.56 Å². The van der Waals surface area contributed by atoms with E-state index in [0.29, 0.717) is 43.8 Å². The molecule has 1 heterocycles. The molecule has 8 heteroatoms. The molecule has 1 fully saturated rings. The van der Waals surface area contributed by atoms with E-state index in [1.165, 1.54) is 18.2 Å². The van der Waals surface area contributed by atoms with Gasteiger partial charge in [-0.1, -0.05) is 18.2 Å². The number of ether oxygens (including phenoxy) is 1.